The van der Waals surface area contributed by atoms with E-state index in [-0.39, 0.29) is 24.0 Å². The van der Waals surface area contributed by atoms with Gasteiger partial charge in [-0.3, -0.25) is 9.89 Å². The lowest BCUT2D eigenvalue weighted by Gasteiger charge is -2.33. The quantitative estimate of drug-likeness (QED) is 0.235. The summed E-state index contributed by atoms with van der Waals surface area (Å²) < 4.78 is 5.35. The second-order valence-electron chi connectivity index (χ2n) is 7.09. The highest BCUT2D eigenvalue weighted by molar-refractivity contribution is 14.0. The number of nitrogens with zero attached hydrogens (tertiary/aromatic N) is 3. The summed E-state index contributed by atoms with van der Waals surface area (Å²) in [7, 11) is 0. The number of likely N-dealkylation sites (tertiary alicyclic amines) is 1. The van der Waals surface area contributed by atoms with Gasteiger partial charge in [0.25, 0.3) is 0 Å². The molecule has 0 aliphatic carbocycles. The van der Waals surface area contributed by atoms with Gasteiger partial charge in [-0.15, -0.1) is 24.0 Å². The number of nitrogens with one attached hydrogen (secondary N) is 1. The highest BCUT2D eigenvalue weighted by Gasteiger charge is 2.16. The van der Waals surface area contributed by atoms with Crippen LogP contribution in [0.5, 0.6) is 0 Å². The Morgan fingerprint density at radius 3 is 2.68 bits per heavy atom. The molecule has 2 heterocycles. The van der Waals surface area contributed by atoms with E-state index in [0.29, 0.717) is 5.96 Å². The molecule has 7 heteroatoms. The van der Waals surface area contributed by atoms with Crippen molar-refractivity contribution in [2.75, 3.05) is 59.0 Å². The highest BCUT2D eigenvalue weighted by atomic mass is 127. The summed E-state index contributed by atoms with van der Waals surface area (Å²) in [6, 6.07) is 0.768. The number of rotatable bonds is 9. The first-order valence-electron chi connectivity index (χ1n) is 9.83. The van der Waals surface area contributed by atoms with Gasteiger partial charge < -0.3 is 20.7 Å². The Hall–Kier alpha value is -0.120. The van der Waals surface area contributed by atoms with E-state index >= 15 is 0 Å². The number of unbranched alkanes of at least 4 members (excludes halogenated alkanes) is 1. The second-order valence-corrected chi connectivity index (χ2v) is 7.09. The van der Waals surface area contributed by atoms with E-state index in [9.17, 15) is 0 Å². The fourth-order valence-electron chi connectivity index (χ4n) is 3.52. The minimum atomic E-state index is 0. The fourth-order valence-corrected chi connectivity index (χ4v) is 3.52. The minimum absolute atomic E-state index is 0. The first-order valence-corrected chi connectivity index (χ1v) is 9.83. The molecule has 148 valence electrons. The third-order valence-electron chi connectivity index (χ3n) is 5.14. The fraction of sp³-hybridized carbons (Fsp3) is 0.944. The molecule has 1 atom stereocenters. The minimum Gasteiger partial charge on any atom is -0.379 e. The maximum absolute atomic E-state index is 5.93. The van der Waals surface area contributed by atoms with E-state index in [1.54, 1.807) is 0 Å². The monoisotopic (exact) mass is 467 g/mol. The van der Waals surface area contributed by atoms with Crippen LogP contribution in [0.1, 0.15) is 45.4 Å². The lowest BCUT2D eigenvalue weighted by molar-refractivity contribution is 0.0377. The number of morpholine rings is 1. The topological polar surface area (TPSA) is 66.1 Å². The Morgan fingerprint density at radius 1 is 1.12 bits per heavy atom. The average molecular weight is 467 g/mol. The molecule has 0 saturated carbocycles. The van der Waals surface area contributed by atoms with Crippen molar-refractivity contribution < 1.29 is 4.74 Å². The summed E-state index contributed by atoms with van der Waals surface area (Å²) in [4.78, 5) is 9.49. The molecule has 3 N–H and O–H groups in total. The first-order chi connectivity index (χ1) is 11.8. The van der Waals surface area contributed by atoms with Gasteiger partial charge >= 0.3 is 0 Å². The number of halogens is 1. The predicted octanol–water partition coefficient (Wildman–Crippen LogP) is 1.89. The highest BCUT2D eigenvalue weighted by Crippen LogP contribution is 2.16. The first kappa shape index (κ1) is 22.9. The molecule has 0 radical (unpaired) electrons. The summed E-state index contributed by atoms with van der Waals surface area (Å²) in [6.07, 6.45) is 7.59. The smallest absolute Gasteiger partial charge is 0.188 e. The van der Waals surface area contributed by atoms with Crippen molar-refractivity contribution in [2.45, 2.75) is 51.5 Å². The van der Waals surface area contributed by atoms with Gasteiger partial charge in [-0.25, -0.2) is 0 Å². The number of guanidine groups is 1. The van der Waals surface area contributed by atoms with Crippen molar-refractivity contribution in [1.82, 2.24) is 15.1 Å². The molecule has 25 heavy (non-hydrogen) atoms. The summed E-state index contributed by atoms with van der Waals surface area (Å²) in [6.45, 7) is 11.5. The van der Waals surface area contributed by atoms with Crippen molar-refractivity contribution in [3.05, 3.63) is 0 Å². The van der Waals surface area contributed by atoms with Crippen LogP contribution in [0.2, 0.25) is 0 Å². The van der Waals surface area contributed by atoms with Gasteiger partial charge in [-0.2, -0.15) is 0 Å². The molecule has 6 nitrogen and oxygen atoms in total. The van der Waals surface area contributed by atoms with Gasteiger partial charge in [-0.05, 0) is 52.1 Å². The van der Waals surface area contributed by atoms with Gasteiger partial charge in [0, 0.05) is 38.8 Å². The number of hydrogen-bond donors (Lipinski definition) is 2. The van der Waals surface area contributed by atoms with Crippen LogP contribution < -0.4 is 11.1 Å². The molecule has 2 rings (SSSR count). The Balaban J connectivity index is 0.00000312. The van der Waals surface area contributed by atoms with E-state index in [1.165, 1.54) is 38.8 Å². The van der Waals surface area contributed by atoms with Crippen molar-refractivity contribution in [3.63, 3.8) is 0 Å². The zero-order valence-corrected chi connectivity index (χ0v) is 18.2. The molecule has 0 bridgehead atoms. The Labute approximate surface area is 170 Å². The van der Waals surface area contributed by atoms with Crippen molar-refractivity contribution in [1.29, 1.82) is 0 Å². The van der Waals surface area contributed by atoms with Crippen molar-refractivity contribution in [3.8, 4) is 0 Å². The summed E-state index contributed by atoms with van der Waals surface area (Å²) in [5, 5.41) is 3.25. The molecule has 0 aromatic carbocycles. The molecular weight excluding hydrogens is 429 g/mol. The largest absolute Gasteiger partial charge is 0.379 e. The van der Waals surface area contributed by atoms with E-state index in [4.69, 9.17) is 10.5 Å². The molecule has 0 amide bonds. The van der Waals surface area contributed by atoms with E-state index in [0.717, 1.165) is 64.8 Å². The zero-order chi connectivity index (χ0) is 17.0. The standard InChI is InChI=1S/C18H37N5O.HI/c1-17-7-2-4-11-23(17)12-5-3-8-20-18(19)21-9-6-10-22-13-15-24-16-14-22;/h17H,2-16H2,1H3,(H3,19,20,21);1H. The molecule has 0 aromatic rings. The van der Waals surface area contributed by atoms with Gasteiger partial charge in [0.1, 0.15) is 0 Å². The Kier molecular flexibility index (Phi) is 12.8. The van der Waals surface area contributed by atoms with Gasteiger partial charge in [0.2, 0.25) is 0 Å². The molecular formula is C18H38IN5O. The third kappa shape index (κ3) is 9.96. The molecule has 2 aliphatic heterocycles. The molecule has 2 saturated heterocycles. The maximum atomic E-state index is 5.93. The zero-order valence-electron chi connectivity index (χ0n) is 15.9. The second kappa shape index (κ2) is 14.0. The predicted molar refractivity (Wildman–Crippen MR) is 116 cm³/mol. The van der Waals surface area contributed by atoms with Crippen LogP contribution in [0.25, 0.3) is 0 Å². The van der Waals surface area contributed by atoms with Gasteiger partial charge in [-0.1, -0.05) is 6.42 Å². The number of nitrogens with two attached hydrogens (primary N) is 1. The molecule has 0 aromatic heterocycles. The lowest BCUT2D eigenvalue weighted by Crippen LogP contribution is -2.38. The Bertz CT molecular complexity index is 363. The molecule has 2 aliphatic rings. The van der Waals surface area contributed by atoms with E-state index in [2.05, 4.69) is 27.0 Å². The van der Waals surface area contributed by atoms with E-state index in [1.807, 2.05) is 0 Å². The molecule has 0 spiro atoms. The number of ether oxygens (including phenoxy) is 1. The summed E-state index contributed by atoms with van der Waals surface area (Å²) in [5.41, 5.74) is 5.93. The van der Waals surface area contributed by atoms with Crippen molar-refractivity contribution in [2.24, 2.45) is 10.7 Å². The summed E-state index contributed by atoms with van der Waals surface area (Å²) in [5.74, 6) is 0.600. The number of piperidine rings is 1. The van der Waals surface area contributed by atoms with Crippen LogP contribution in [-0.2, 0) is 4.74 Å². The number of hydrogen-bond acceptors (Lipinski definition) is 4. The van der Waals surface area contributed by atoms with Crippen LogP contribution >= 0.6 is 24.0 Å². The normalized spacial score (nSPS) is 23.2. The average Bonchev–Trinajstić information content (AvgIpc) is 2.61. The van der Waals surface area contributed by atoms with Crippen LogP contribution in [0.4, 0.5) is 0 Å². The van der Waals surface area contributed by atoms with E-state index < -0.39 is 0 Å². The van der Waals surface area contributed by atoms with Gasteiger partial charge in [0.15, 0.2) is 5.96 Å². The third-order valence-corrected chi connectivity index (χ3v) is 5.14. The molecule has 1 unspecified atom stereocenters. The summed E-state index contributed by atoms with van der Waals surface area (Å²) >= 11 is 0. The SMILES string of the molecule is CC1CCCCN1CCCCNC(N)=NCCCN1CCOCC1.I. The van der Waals surface area contributed by atoms with Crippen molar-refractivity contribution >= 4 is 29.9 Å². The van der Waals surface area contributed by atoms with Crippen LogP contribution in [0, 0.1) is 0 Å². The molecule has 2 fully saturated rings. The number of aliphatic imine (C=N–C) groups is 1. The Morgan fingerprint density at radius 2 is 1.92 bits per heavy atom. The van der Waals surface area contributed by atoms with Gasteiger partial charge in [0.05, 0.1) is 13.2 Å². The van der Waals surface area contributed by atoms with Crippen LogP contribution in [0.15, 0.2) is 4.99 Å². The lowest BCUT2D eigenvalue weighted by atomic mass is 10.0. The van der Waals surface area contributed by atoms with Crippen LogP contribution in [-0.4, -0.2) is 80.8 Å². The van der Waals surface area contributed by atoms with Crippen LogP contribution in [0.3, 0.4) is 0 Å². The maximum Gasteiger partial charge on any atom is 0.188 e.